The van der Waals surface area contributed by atoms with Gasteiger partial charge in [-0.15, -0.1) is 0 Å². The molecule has 1 aromatic carbocycles. The molecule has 70 valence electrons. The van der Waals surface area contributed by atoms with Gasteiger partial charge in [0, 0.05) is 18.5 Å². The van der Waals surface area contributed by atoms with Crippen molar-refractivity contribution in [3.05, 3.63) is 34.9 Å². The van der Waals surface area contributed by atoms with Crippen LogP contribution in [0.2, 0.25) is 0 Å². The van der Waals surface area contributed by atoms with Crippen LogP contribution in [0.15, 0.2) is 18.2 Å². The molecule has 1 aliphatic heterocycles. The van der Waals surface area contributed by atoms with Crippen LogP contribution in [0.1, 0.15) is 29.5 Å². The fourth-order valence-electron chi connectivity index (χ4n) is 2.09. The van der Waals surface area contributed by atoms with E-state index in [1.807, 2.05) is 0 Å². The van der Waals surface area contributed by atoms with Crippen molar-refractivity contribution in [1.82, 2.24) is 5.32 Å². The van der Waals surface area contributed by atoms with Crippen molar-refractivity contribution in [2.45, 2.75) is 32.7 Å². The molecule has 0 spiro atoms. The summed E-state index contributed by atoms with van der Waals surface area (Å²) in [6.07, 6.45) is 0. The van der Waals surface area contributed by atoms with Crippen molar-refractivity contribution >= 4 is 0 Å². The average molecular weight is 175 g/mol. The van der Waals surface area contributed by atoms with Crippen molar-refractivity contribution < 1.29 is 0 Å². The summed E-state index contributed by atoms with van der Waals surface area (Å²) in [7, 11) is 0. The summed E-state index contributed by atoms with van der Waals surface area (Å²) in [4.78, 5) is 0. The summed E-state index contributed by atoms with van der Waals surface area (Å²) in [5, 5.41) is 3.40. The lowest BCUT2D eigenvalue weighted by atomic mass is 9.83. The highest BCUT2D eigenvalue weighted by Crippen LogP contribution is 2.28. The molecule has 2 rings (SSSR count). The maximum absolute atomic E-state index is 3.40. The predicted molar refractivity (Wildman–Crippen MR) is 56.1 cm³/mol. The maximum atomic E-state index is 3.40. The third-order valence-corrected chi connectivity index (χ3v) is 3.09. The second-order valence-electron chi connectivity index (χ2n) is 4.16. The molecule has 2 atom stereocenters. The molecule has 1 fully saturated rings. The SMILES string of the molecule is Cc1ccc(C2CNC2C)c(C)c1. The van der Waals surface area contributed by atoms with Gasteiger partial charge in [-0.05, 0) is 31.9 Å². The molecule has 0 aromatic heterocycles. The van der Waals surface area contributed by atoms with Gasteiger partial charge < -0.3 is 5.32 Å². The summed E-state index contributed by atoms with van der Waals surface area (Å²) in [6.45, 7) is 7.77. The normalized spacial score (nSPS) is 27.0. The Morgan fingerprint density at radius 1 is 1.31 bits per heavy atom. The first kappa shape index (κ1) is 8.76. The molecule has 1 aliphatic rings. The molecule has 0 bridgehead atoms. The van der Waals surface area contributed by atoms with E-state index in [0.717, 1.165) is 12.5 Å². The number of aryl methyl sites for hydroxylation is 2. The maximum Gasteiger partial charge on any atom is 0.0120 e. The van der Waals surface area contributed by atoms with Crippen LogP contribution in [0.25, 0.3) is 0 Å². The molecule has 0 saturated carbocycles. The van der Waals surface area contributed by atoms with E-state index < -0.39 is 0 Å². The van der Waals surface area contributed by atoms with E-state index in [1.165, 1.54) is 16.7 Å². The van der Waals surface area contributed by atoms with Crippen molar-refractivity contribution in [2.75, 3.05) is 6.54 Å². The molecule has 1 saturated heterocycles. The Kier molecular flexibility index (Phi) is 2.12. The fraction of sp³-hybridized carbons (Fsp3) is 0.500. The van der Waals surface area contributed by atoms with E-state index in [-0.39, 0.29) is 0 Å². The summed E-state index contributed by atoms with van der Waals surface area (Å²) < 4.78 is 0. The Balaban J connectivity index is 2.30. The van der Waals surface area contributed by atoms with Crippen LogP contribution >= 0.6 is 0 Å². The molecule has 13 heavy (non-hydrogen) atoms. The molecule has 1 aromatic rings. The zero-order valence-corrected chi connectivity index (χ0v) is 8.59. The first-order chi connectivity index (χ1) is 6.18. The van der Waals surface area contributed by atoms with Crippen molar-refractivity contribution in [3.63, 3.8) is 0 Å². The number of rotatable bonds is 1. The second kappa shape index (κ2) is 3.15. The van der Waals surface area contributed by atoms with E-state index in [0.29, 0.717) is 6.04 Å². The molecule has 1 N–H and O–H groups in total. The van der Waals surface area contributed by atoms with Gasteiger partial charge in [-0.1, -0.05) is 23.8 Å². The highest BCUT2D eigenvalue weighted by Gasteiger charge is 2.28. The zero-order chi connectivity index (χ0) is 9.42. The Morgan fingerprint density at radius 3 is 2.54 bits per heavy atom. The van der Waals surface area contributed by atoms with E-state index >= 15 is 0 Å². The lowest BCUT2D eigenvalue weighted by molar-refractivity contribution is 0.333. The minimum absolute atomic E-state index is 0.654. The van der Waals surface area contributed by atoms with Gasteiger partial charge in [0.05, 0.1) is 0 Å². The molecule has 2 unspecified atom stereocenters. The first-order valence-corrected chi connectivity index (χ1v) is 4.99. The number of benzene rings is 1. The van der Waals surface area contributed by atoms with Gasteiger partial charge in [0.1, 0.15) is 0 Å². The van der Waals surface area contributed by atoms with Gasteiger partial charge in [0.15, 0.2) is 0 Å². The van der Waals surface area contributed by atoms with Gasteiger partial charge in [0.25, 0.3) is 0 Å². The minimum Gasteiger partial charge on any atom is -0.313 e. The van der Waals surface area contributed by atoms with Crippen molar-refractivity contribution in [3.8, 4) is 0 Å². The van der Waals surface area contributed by atoms with Gasteiger partial charge >= 0.3 is 0 Å². The zero-order valence-electron chi connectivity index (χ0n) is 8.59. The first-order valence-electron chi connectivity index (χ1n) is 4.99. The molecular weight excluding hydrogens is 158 g/mol. The Bertz CT molecular complexity index is 317. The molecule has 1 nitrogen and oxygen atoms in total. The van der Waals surface area contributed by atoms with Gasteiger partial charge in [0.2, 0.25) is 0 Å². The van der Waals surface area contributed by atoms with Crippen LogP contribution in [0.4, 0.5) is 0 Å². The van der Waals surface area contributed by atoms with Crippen molar-refractivity contribution in [1.29, 1.82) is 0 Å². The number of hydrogen-bond acceptors (Lipinski definition) is 1. The monoisotopic (exact) mass is 175 g/mol. The van der Waals surface area contributed by atoms with Crippen molar-refractivity contribution in [2.24, 2.45) is 0 Å². The van der Waals surface area contributed by atoms with Crippen LogP contribution in [0.5, 0.6) is 0 Å². The lowest BCUT2D eigenvalue weighted by Gasteiger charge is -2.36. The van der Waals surface area contributed by atoms with Crippen LogP contribution in [-0.4, -0.2) is 12.6 Å². The highest BCUT2D eigenvalue weighted by molar-refractivity contribution is 5.35. The number of hydrogen-bond donors (Lipinski definition) is 1. The standard InChI is InChI=1S/C12H17N/c1-8-4-5-11(9(2)6-8)12-7-13-10(12)3/h4-6,10,12-13H,7H2,1-3H3. The van der Waals surface area contributed by atoms with Gasteiger partial charge in [-0.3, -0.25) is 0 Å². The smallest absolute Gasteiger partial charge is 0.0120 e. The Hall–Kier alpha value is -0.820. The van der Waals surface area contributed by atoms with Crippen LogP contribution in [-0.2, 0) is 0 Å². The van der Waals surface area contributed by atoms with Crippen LogP contribution in [0.3, 0.4) is 0 Å². The molecule has 0 amide bonds. The molecular formula is C12H17N. The molecule has 0 aliphatic carbocycles. The quantitative estimate of drug-likeness (QED) is 0.691. The fourth-order valence-corrected chi connectivity index (χ4v) is 2.09. The molecule has 1 heterocycles. The summed E-state index contributed by atoms with van der Waals surface area (Å²) in [5.41, 5.74) is 4.33. The van der Waals surface area contributed by atoms with E-state index in [4.69, 9.17) is 0 Å². The topological polar surface area (TPSA) is 12.0 Å². The van der Waals surface area contributed by atoms with E-state index in [2.05, 4.69) is 44.3 Å². The Labute approximate surface area is 80.2 Å². The van der Waals surface area contributed by atoms with E-state index in [1.54, 1.807) is 0 Å². The Morgan fingerprint density at radius 2 is 2.08 bits per heavy atom. The lowest BCUT2D eigenvalue weighted by Crippen LogP contribution is -2.49. The predicted octanol–water partition coefficient (Wildman–Crippen LogP) is 2.38. The molecule has 1 heteroatoms. The van der Waals surface area contributed by atoms with Crippen LogP contribution < -0.4 is 5.32 Å². The largest absolute Gasteiger partial charge is 0.313 e. The summed E-state index contributed by atoms with van der Waals surface area (Å²) in [5.74, 6) is 0.737. The molecule has 0 radical (unpaired) electrons. The van der Waals surface area contributed by atoms with E-state index in [9.17, 15) is 0 Å². The summed E-state index contributed by atoms with van der Waals surface area (Å²) in [6, 6.07) is 7.43. The minimum atomic E-state index is 0.654. The average Bonchev–Trinajstić information content (AvgIpc) is 2.07. The number of nitrogens with one attached hydrogen (secondary N) is 1. The van der Waals surface area contributed by atoms with Gasteiger partial charge in [-0.2, -0.15) is 0 Å². The van der Waals surface area contributed by atoms with Gasteiger partial charge in [-0.25, -0.2) is 0 Å². The summed E-state index contributed by atoms with van der Waals surface area (Å²) >= 11 is 0. The highest BCUT2D eigenvalue weighted by atomic mass is 15.0. The van der Waals surface area contributed by atoms with Crippen LogP contribution in [0, 0.1) is 13.8 Å². The second-order valence-corrected chi connectivity index (χ2v) is 4.16. The third kappa shape index (κ3) is 1.49. The third-order valence-electron chi connectivity index (χ3n) is 3.09.